The molecule has 0 aromatic rings. The highest BCUT2D eigenvalue weighted by Crippen LogP contribution is 2.43. The molecule has 2 atom stereocenters. The molecule has 8 heteroatoms. The third kappa shape index (κ3) is 3.37. The molecule has 1 amide bonds. The molecule has 3 N–H and O–H groups in total. The number of nitrogens with one attached hydrogen (secondary N) is 2. The summed E-state index contributed by atoms with van der Waals surface area (Å²) in [5.41, 5.74) is -2.39. The van der Waals surface area contributed by atoms with E-state index in [-0.39, 0.29) is 25.9 Å². The van der Waals surface area contributed by atoms with Crippen LogP contribution in [0.5, 0.6) is 0 Å². The maximum absolute atomic E-state index is 13.0. The Labute approximate surface area is 108 Å². The lowest BCUT2D eigenvalue weighted by molar-refractivity contribution is -0.216. The minimum absolute atomic E-state index is 0.0792. The SMILES string of the molecule is CC(CCNC(=O)C1(C(F)(F)F)CCNC1)C(=O)O. The third-order valence-electron chi connectivity index (χ3n) is 3.42. The Morgan fingerprint density at radius 1 is 1.47 bits per heavy atom. The van der Waals surface area contributed by atoms with Gasteiger partial charge in [-0.3, -0.25) is 9.59 Å². The van der Waals surface area contributed by atoms with Gasteiger partial charge >= 0.3 is 12.1 Å². The summed E-state index contributed by atoms with van der Waals surface area (Å²) in [6, 6.07) is 0. The van der Waals surface area contributed by atoms with E-state index in [1.807, 2.05) is 0 Å². The standard InChI is InChI=1S/C11H17F3N2O3/c1-7(8(17)18)2-4-16-9(19)10(11(12,13)14)3-5-15-6-10/h7,15H,2-6H2,1H3,(H,16,19)(H,17,18). The fourth-order valence-electron chi connectivity index (χ4n) is 1.95. The normalized spacial score (nSPS) is 25.1. The van der Waals surface area contributed by atoms with Crippen molar-refractivity contribution in [3.8, 4) is 0 Å². The Morgan fingerprint density at radius 3 is 2.53 bits per heavy atom. The van der Waals surface area contributed by atoms with Crippen LogP contribution in [0.15, 0.2) is 0 Å². The third-order valence-corrected chi connectivity index (χ3v) is 3.42. The first-order valence-corrected chi connectivity index (χ1v) is 5.99. The molecule has 2 unspecified atom stereocenters. The van der Waals surface area contributed by atoms with Crippen LogP contribution < -0.4 is 10.6 Å². The second-order valence-electron chi connectivity index (χ2n) is 4.79. The van der Waals surface area contributed by atoms with Gasteiger partial charge in [0.25, 0.3) is 0 Å². The lowest BCUT2D eigenvalue weighted by atomic mass is 9.85. The van der Waals surface area contributed by atoms with E-state index in [2.05, 4.69) is 10.6 Å². The van der Waals surface area contributed by atoms with Crippen LogP contribution >= 0.6 is 0 Å². The molecule has 5 nitrogen and oxygen atoms in total. The summed E-state index contributed by atoms with van der Waals surface area (Å²) >= 11 is 0. The van der Waals surface area contributed by atoms with E-state index in [1.165, 1.54) is 6.92 Å². The van der Waals surface area contributed by atoms with E-state index in [0.717, 1.165) is 0 Å². The Morgan fingerprint density at radius 2 is 2.11 bits per heavy atom. The van der Waals surface area contributed by atoms with E-state index in [0.29, 0.717) is 0 Å². The predicted molar refractivity (Wildman–Crippen MR) is 60.4 cm³/mol. The maximum Gasteiger partial charge on any atom is 0.404 e. The summed E-state index contributed by atoms with van der Waals surface area (Å²) in [5.74, 6) is -2.83. The first-order valence-electron chi connectivity index (χ1n) is 5.99. The lowest BCUT2D eigenvalue weighted by Gasteiger charge is -2.29. The summed E-state index contributed by atoms with van der Waals surface area (Å²) in [7, 11) is 0. The van der Waals surface area contributed by atoms with Crippen LogP contribution in [-0.4, -0.2) is 42.8 Å². The summed E-state index contributed by atoms with van der Waals surface area (Å²) in [6.45, 7) is 1.06. The van der Waals surface area contributed by atoms with Gasteiger partial charge in [0.2, 0.25) is 5.91 Å². The molecule has 19 heavy (non-hydrogen) atoms. The molecule has 1 fully saturated rings. The number of halogens is 3. The highest BCUT2D eigenvalue weighted by atomic mass is 19.4. The zero-order valence-electron chi connectivity index (χ0n) is 10.5. The van der Waals surface area contributed by atoms with Crippen molar-refractivity contribution < 1.29 is 27.9 Å². The van der Waals surface area contributed by atoms with Gasteiger partial charge in [0.15, 0.2) is 5.41 Å². The number of alkyl halides is 3. The van der Waals surface area contributed by atoms with Gasteiger partial charge in [0.1, 0.15) is 0 Å². The molecule has 0 aromatic heterocycles. The molecule has 0 saturated carbocycles. The molecule has 0 aromatic carbocycles. The van der Waals surface area contributed by atoms with Crippen molar-refractivity contribution in [3.63, 3.8) is 0 Å². The lowest BCUT2D eigenvalue weighted by Crippen LogP contribution is -2.52. The van der Waals surface area contributed by atoms with Crippen LogP contribution in [0.1, 0.15) is 19.8 Å². The van der Waals surface area contributed by atoms with Crippen molar-refractivity contribution in [2.75, 3.05) is 19.6 Å². The number of aliphatic carboxylic acids is 1. The largest absolute Gasteiger partial charge is 0.481 e. The molecule has 1 saturated heterocycles. The Kier molecular flexibility index (Phi) is 4.78. The molecule has 1 aliphatic rings. The van der Waals surface area contributed by atoms with E-state index >= 15 is 0 Å². The molecule has 1 heterocycles. The van der Waals surface area contributed by atoms with E-state index in [1.54, 1.807) is 0 Å². The van der Waals surface area contributed by atoms with Crippen molar-refractivity contribution in [2.45, 2.75) is 25.9 Å². The smallest absolute Gasteiger partial charge is 0.404 e. The molecule has 0 spiro atoms. The summed E-state index contributed by atoms with van der Waals surface area (Å²) < 4.78 is 39.0. The van der Waals surface area contributed by atoms with Gasteiger partial charge in [0, 0.05) is 13.1 Å². The van der Waals surface area contributed by atoms with Crippen LogP contribution in [0.3, 0.4) is 0 Å². The predicted octanol–water partition coefficient (Wildman–Crippen LogP) is 0.755. The molecule has 1 aliphatic heterocycles. The number of rotatable bonds is 5. The zero-order valence-corrected chi connectivity index (χ0v) is 10.5. The molecule has 0 aliphatic carbocycles. The highest BCUT2D eigenvalue weighted by molar-refractivity contribution is 5.84. The van der Waals surface area contributed by atoms with Crippen LogP contribution in [0.2, 0.25) is 0 Å². The fraction of sp³-hybridized carbons (Fsp3) is 0.818. The fourth-order valence-corrected chi connectivity index (χ4v) is 1.95. The highest BCUT2D eigenvalue weighted by Gasteiger charge is 2.61. The van der Waals surface area contributed by atoms with Gasteiger partial charge in [-0.1, -0.05) is 6.92 Å². The van der Waals surface area contributed by atoms with Gasteiger partial charge < -0.3 is 15.7 Å². The van der Waals surface area contributed by atoms with Crippen molar-refractivity contribution in [2.24, 2.45) is 11.3 Å². The Bertz CT molecular complexity index is 352. The van der Waals surface area contributed by atoms with Crippen LogP contribution in [0.4, 0.5) is 13.2 Å². The number of hydrogen-bond acceptors (Lipinski definition) is 3. The number of amides is 1. The Balaban J connectivity index is 2.58. The van der Waals surface area contributed by atoms with Crippen LogP contribution in [0.25, 0.3) is 0 Å². The molecule has 0 radical (unpaired) electrons. The number of carbonyl (C=O) groups is 2. The van der Waals surface area contributed by atoms with Crippen molar-refractivity contribution in [1.82, 2.24) is 10.6 Å². The number of carboxylic acid groups (broad SMARTS) is 1. The quantitative estimate of drug-likeness (QED) is 0.695. The van der Waals surface area contributed by atoms with Gasteiger partial charge in [-0.2, -0.15) is 13.2 Å². The molecular formula is C11H17F3N2O3. The van der Waals surface area contributed by atoms with Crippen molar-refractivity contribution in [1.29, 1.82) is 0 Å². The summed E-state index contributed by atoms with van der Waals surface area (Å²) in [5, 5.41) is 13.4. The van der Waals surface area contributed by atoms with Crippen LogP contribution in [0, 0.1) is 11.3 Å². The first kappa shape index (κ1) is 15.7. The number of carbonyl (C=O) groups excluding carboxylic acids is 1. The second-order valence-corrected chi connectivity index (χ2v) is 4.79. The van der Waals surface area contributed by atoms with Crippen LogP contribution in [-0.2, 0) is 9.59 Å². The Hall–Kier alpha value is -1.31. The average molecular weight is 282 g/mol. The maximum atomic E-state index is 13.0. The minimum atomic E-state index is -4.61. The zero-order chi connectivity index (χ0) is 14.7. The van der Waals surface area contributed by atoms with Gasteiger partial charge in [0.05, 0.1) is 5.92 Å². The van der Waals surface area contributed by atoms with Crippen molar-refractivity contribution >= 4 is 11.9 Å². The van der Waals surface area contributed by atoms with Gasteiger partial charge in [-0.05, 0) is 19.4 Å². The average Bonchev–Trinajstić information content (AvgIpc) is 2.77. The molecule has 110 valence electrons. The second kappa shape index (κ2) is 5.77. The first-order chi connectivity index (χ1) is 8.71. The van der Waals surface area contributed by atoms with Gasteiger partial charge in [-0.15, -0.1) is 0 Å². The van der Waals surface area contributed by atoms with Crippen molar-refractivity contribution in [3.05, 3.63) is 0 Å². The van der Waals surface area contributed by atoms with Gasteiger partial charge in [-0.25, -0.2) is 0 Å². The van der Waals surface area contributed by atoms with E-state index < -0.39 is 35.9 Å². The van der Waals surface area contributed by atoms with E-state index in [4.69, 9.17) is 5.11 Å². The summed E-state index contributed by atoms with van der Waals surface area (Å²) in [6.07, 6.45) is -4.81. The van der Waals surface area contributed by atoms with E-state index in [9.17, 15) is 22.8 Å². The number of carboxylic acids is 1. The topological polar surface area (TPSA) is 78.4 Å². The monoisotopic (exact) mass is 282 g/mol. The summed E-state index contributed by atoms with van der Waals surface area (Å²) in [4.78, 5) is 22.3. The molecular weight excluding hydrogens is 265 g/mol. The molecule has 1 rings (SSSR count). The molecule has 0 bridgehead atoms. The number of hydrogen-bond donors (Lipinski definition) is 3. The minimum Gasteiger partial charge on any atom is -0.481 e.